The van der Waals surface area contributed by atoms with Gasteiger partial charge in [-0.1, -0.05) is 184 Å². The number of para-hydroxylation sites is 1. The van der Waals surface area contributed by atoms with Crippen LogP contribution >= 0.6 is 0 Å². The summed E-state index contributed by atoms with van der Waals surface area (Å²) < 4.78 is 2.45. The van der Waals surface area contributed by atoms with Crippen molar-refractivity contribution in [2.45, 2.75) is 19.3 Å². The average Bonchev–Trinajstić information content (AvgIpc) is 3.78. The number of nitrogens with zero attached hydrogens (tertiary/aromatic N) is 4. The maximum Gasteiger partial charge on any atom is 0.164 e. The van der Waals surface area contributed by atoms with Crippen LogP contribution in [0, 0.1) is 0 Å². The second-order valence-corrected chi connectivity index (χ2v) is 16.4. The minimum absolute atomic E-state index is 0.155. The van der Waals surface area contributed by atoms with Crippen molar-refractivity contribution < 1.29 is 0 Å². The lowest BCUT2D eigenvalue weighted by Gasteiger charge is -2.22. The molecule has 2 heterocycles. The van der Waals surface area contributed by atoms with Crippen molar-refractivity contribution in [3.8, 4) is 62.1 Å². The first-order valence-electron chi connectivity index (χ1n) is 20.6. The Labute approximate surface area is 348 Å². The van der Waals surface area contributed by atoms with Gasteiger partial charge in [0.25, 0.3) is 0 Å². The molecule has 9 aromatic carbocycles. The Hall–Kier alpha value is -7.69. The van der Waals surface area contributed by atoms with Crippen LogP contribution < -0.4 is 0 Å². The van der Waals surface area contributed by atoms with E-state index >= 15 is 0 Å². The highest BCUT2D eigenvalue weighted by molar-refractivity contribution is 6.23. The summed E-state index contributed by atoms with van der Waals surface area (Å²) in [6.45, 7) is 4.75. The summed E-state index contributed by atoms with van der Waals surface area (Å²) in [5.74, 6) is 1.92. The van der Waals surface area contributed by atoms with Crippen LogP contribution in [0.15, 0.2) is 194 Å². The minimum Gasteiger partial charge on any atom is -0.309 e. The molecule has 0 atom stereocenters. The van der Waals surface area contributed by atoms with E-state index in [0.717, 1.165) is 27.9 Å². The molecule has 0 N–H and O–H groups in total. The molecule has 0 saturated heterocycles. The van der Waals surface area contributed by atoms with Gasteiger partial charge < -0.3 is 4.57 Å². The van der Waals surface area contributed by atoms with Crippen molar-refractivity contribution in [1.82, 2.24) is 19.5 Å². The molecule has 0 aliphatic heterocycles. The van der Waals surface area contributed by atoms with Gasteiger partial charge in [0.1, 0.15) is 0 Å². The Bertz CT molecular complexity index is 3450. The largest absolute Gasteiger partial charge is 0.309 e. The molecule has 0 amide bonds. The second-order valence-electron chi connectivity index (χ2n) is 16.4. The summed E-state index contributed by atoms with van der Waals surface area (Å²) in [5, 5.41) is 7.51. The van der Waals surface area contributed by atoms with Gasteiger partial charge in [0.05, 0.1) is 11.0 Å². The van der Waals surface area contributed by atoms with E-state index in [1.54, 1.807) is 0 Å². The van der Waals surface area contributed by atoms with Crippen LogP contribution in [0.5, 0.6) is 0 Å². The smallest absolute Gasteiger partial charge is 0.164 e. The third kappa shape index (κ3) is 5.20. The lowest BCUT2D eigenvalue weighted by molar-refractivity contribution is 0.661. The number of hydrogen-bond donors (Lipinski definition) is 0. The molecule has 4 nitrogen and oxygen atoms in total. The zero-order chi connectivity index (χ0) is 40.0. The number of rotatable bonds is 5. The van der Waals surface area contributed by atoms with Crippen molar-refractivity contribution in [3.63, 3.8) is 0 Å². The van der Waals surface area contributed by atoms with Crippen molar-refractivity contribution in [1.29, 1.82) is 0 Å². The molecule has 11 aromatic rings. The molecule has 0 radical (unpaired) electrons. The van der Waals surface area contributed by atoms with Crippen molar-refractivity contribution >= 4 is 43.4 Å². The summed E-state index contributed by atoms with van der Waals surface area (Å²) in [4.78, 5) is 15.2. The summed E-state index contributed by atoms with van der Waals surface area (Å²) >= 11 is 0. The molecule has 1 aliphatic carbocycles. The van der Waals surface area contributed by atoms with Gasteiger partial charge in [-0.15, -0.1) is 0 Å². The lowest BCUT2D eigenvalue weighted by Crippen LogP contribution is -2.15. The Morgan fingerprint density at radius 3 is 1.72 bits per heavy atom. The Balaban J connectivity index is 1.10. The van der Waals surface area contributed by atoms with Crippen molar-refractivity contribution in [3.05, 3.63) is 205 Å². The van der Waals surface area contributed by atoms with Gasteiger partial charge in [0.2, 0.25) is 0 Å². The van der Waals surface area contributed by atoms with E-state index in [0.29, 0.717) is 17.5 Å². The molecule has 2 aromatic heterocycles. The predicted octanol–water partition coefficient (Wildman–Crippen LogP) is 14.2. The number of hydrogen-bond acceptors (Lipinski definition) is 3. The summed E-state index contributed by atoms with van der Waals surface area (Å²) in [6, 6.07) is 69.6. The van der Waals surface area contributed by atoms with E-state index in [-0.39, 0.29) is 5.41 Å². The minimum atomic E-state index is -0.155. The molecule has 0 spiro atoms. The van der Waals surface area contributed by atoms with E-state index in [1.165, 1.54) is 71.2 Å². The Kier molecular flexibility index (Phi) is 7.54. The van der Waals surface area contributed by atoms with Gasteiger partial charge in [0.15, 0.2) is 17.5 Å². The molecular weight excluding hydrogens is 729 g/mol. The van der Waals surface area contributed by atoms with Crippen molar-refractivity contribution in [2.75, 3.05) is 0 Å². The molecule has 0 fully saturated rings. The number of fused-ring (bicyclic) bond motifs is 10. The van der Waals surface area contributed by atoms with Crippen LogP contribution in [-0.4, -0.2) is 19.5 Å². The van der Waals surface area contributed by atoms with E-state index in [9.17, 15) is 0 Å². The molecular formula is C56H38N4. The first-order valence-corrected chi connectivity index (χ1v) is 20.6. The third-order valence-corrected chi connectivity index (χ3v) is 12.6. The van der Waals surface area contributed by atoms with E-state index in [1.807, 2.05) is 36.4 Å². The second kappa shape index (κ2) is 13.2. The van der Waals surface area contributed by atoms with Crippen molar-refractivity contribution in [2.24, 2.45) is 0 Å². The molecule has 4 heteroatoms. The fourth-order valence-electron chi connectivity index (χ4n) is 9.73. The fraction of sp³-hybridized carbons (Fsp3) is 0.0536. The molecule has 282 valence electrons. The van der Waals surface area contributed by atoms with Gasteiger partial charge in [-0.3, -0.25) is 0 Å². The maximum atomic E-state index is 5.10. The molecule has 0 unspecified atom stereocenters. The molecule has 0 bridgehead atoms. The highest BCUT2D eigenvalue weighted by Crippen LogP contribution is 2.53. The topological polar surface area (TPSA) is 43.6 Å². The summed E-state index contributed by atoms with van der Waals surface area (Å²) in [7, 11) is 0. The maximum absolute atomic E-state index is 5.10. The third-order valence-electron chi connectivity index (χ3n) is 12.6. The van der Waals surface area contributed by atoms with Gasteiger partial charge in [-0.25, -0.2) is 15.0 Å². The zero-order valence-corrected chi connectivity index (χ0v) is 33.3. The summed E-state index contributed by atoms with van der Waals surface area (Å²) in [6.07, 6.45) is 0. The van der Waals surface area contributed by atoms with Gasteiger partial charge in [-0.2, -0.15) is 0 Å². The van der Waals surface area contributed by atoms with Crippen LogP contribution in [0.25, 0.3) is 105 Å². The van der Waals surface area contributed by atoms with E-state index < -0.39 is 0 Å². The standard InChI is InChI=1S/C56H38N4/c1-56(2)47-31-28-35-15-9-11-23-42(35)50(47)45-30-27-39(34-48(45)56)44-25-14-26-46-51-43-24-12-10-16-36(43)29-32-49(51)60(52(44)46)41-22-13-21-40(33-41)55-58-53(37-17-5-3-6-18-37)57-54(59-55)38-19-7-4-8-20-38/h3-34H,1-2H3. The van der Waals surface area contributed by atoms with Gasteiger partial charge in [0, 0.05) is 44.1 Å². The highest BCUT2D eigenvalue weighted by Gasteiger charge is 2.37. The van der Waals surface area contributed by atoms with Crippen LogP contribution in [0.2, 0.25) is 0 Å². The van der Waals surface area contributed by atoms with Crippen LogP contribution in [0.4, 0.5) is 0 Å². The molecule has 60 heavy (non-hydrogen) atoms. The lowest BCUT2D eigenvalue weighted by atomic mass is 9.81. The normalized spacial score (nSPS) is 13.0. The number of benzene rings is 9. The van der Waals surface area contributed by atoms with Gasteiger partial charge >= 0.3 is 0 Å². The van der Waals surface area contributed by atoms with E-state index in [4.69, 9.17) is 15.0 Å². The molecule has 0 saturated carbocycles. The van der Waals surface area contributed by atoms with Gasteiger partial charge in [-0.05, 0) is 73.6 Å². The monoisotopic (exact) mass is 766 g/mol. The SMILES string of the molecule is CC1(C)c2cc(-c3cccc4c5c6ccccc6ccc5n(-c5cccc(-c6nc(-c7ccccc7)nc(-c7ccccc7)n6)c5)c34)ccc2-c2c1ccc1ccccc21. The fourth-order valence-corrected chi connectivity index (χ4v) is 9.73. The quantitative estimate of drug-likeness (QED) is 0.175. The predicted molar refractivity (Wildman–Crippen MR) is 248 cm³/mol. The first kappa shape index (κ1) is 34.4. The zero-order valence-electron chi connectivity index (χ0n) is 33.3. The average molecular weight is 767 g/mol. The highest BCUT2D eigenvalue weighted by atomic mass is 15.0. The Morgan fingerprint density at radius 2 is 0.983 bits per heavy atom. The molecule has 12 rings (SSSR count). The van der Waals surface area contributed by atoms with Crippen LogP contribution in [0.3, 0.4) is 0 Å². The molecule has 1 aliphatic rings. The first-order chi connectivity index (χ1) is 29.5. The Morgan fingerprint density at radius 1 is 0.400 bits per heavy atom. The number of aromatic nitrogens is 4. The van der Waals surface area contributed by atoms with Crippen LogP contribution in [0.1, 0.15) is 25.0 Å². The van der Waals surface area contributed by atoms with Crippen LogP contribution in [-0.2, 0) is 5.41 Å². The summed E-state index contributed by atoms with van der Waals surface area (Å²) in [5.41, 5.74) is 13.8. The van der Waals surface area contributed by atoms with E-state index in [2.05, 4.69) is 176 Å².